The lowest BCUT2D eigenvalue weighted by Gasteiger charge is -2.23. The van der Waals surface area contributed by atoms with Crippen LogP contribution < -0.4 is 5.73 Å². The van der Waals surface area contributed by atoms with E-state index < -0.39 is 0 Å². The second-order valence-electron chi connectivity index (χ2n) is 5.19. The average molecular weight is 235 g/mol. The van der Waals surface area contributed by atoms with Crippen LogP contribution in [0.3, 0.4) is 0 Å². The summed E-state index contributed by atoms with van der Waals surface area (Å²) in [5, 5.41) is 3.93. The van der Waals surface area contributed by atoms with Gasteiger partial charge in [0.2, 0.25) is 11.7 Å². The lowest BCUT2D eigenvalue weighted by molar-refractivity contribution is 0.253. The highest BCUT2D eigenvalue weighted by Gasteiger charge is 2.28. The van der Waals surface area contributed by atoms with Crippen molar-refractivity contribution < 1.29 is 8.94 Å². The summed E-state index contributed by atoms with van der Waals surface area (Å²) in [7, 11) is 0. The van der Waals surface area contributed by atoms with Gasteiger partial charge in [0.1, 0.15) is 5.76 Å². The summed E-state index contributed by atoms with van der Waals surface area (Å²) in [5.41, 5.74) is 6.78. The molecule has 1 atom stereocenters. The lowest BCUT2D eigenvalue weighted by Crippen LogP contribution is -2.26. The molecular weight excluding hydrogens is 218 g/mol. The average Bonchev–Trinajstić information content (AvgIpc) is 2.83. The SMILES string of the molecule is Cc1occc1-c1noc([C@@H](N)C(C)(C)C)n1. The van der Waals surface area contributed by atoms with Crippen molar-refractivity contribution in [2.45, 2.75) is 33.7 Å². The number of rotatable bonds is 2. The van der Waals surface area contributed by atoms with Crippen LogP contribution in [0.4, 0.5) is 0 Å². The fraction of sp³-hybridized carbons (Fsp3) is 0.500. The van der Waals surface area contributed by atoms with Gasteiger partial charge in [-0.1, -0.05) is 25.9 Å². The number of hydrogen-bond acceptors (Lipinski definition) is 5. The molecule has 5 heteroatoms. The Morgan fingerprint density at radius 3 is 2.59 bits per heavy atom. The van der Waals surface area contributed by atoms with E-state index in [4.69, 9.17) is 14.7 Å². The van der Waals surface area contributed by atoms with E-state index in [1.54, 1.807) is 6.26 Å². The highest BCUT2D eigenvalue weighted by atomic mass is 16.5. The molecular formula is C12H17N3O2. The smallest absolute Gasteiger partial charge is 0.244 e. The third kappa shape index (κ3) is 2.24. The van der Waals surface area contributed by atoms with Crippen LogP contribution >= 0.6 is 0 Å². The zero-order valence-electron chi connectivity index (χ0n) is 10.5. The van der Waals surface area contributed by atoms with Crippen molar-refractivity contribution in [1.29, 1.82) is 0 Å². The number of hydrogen-bond donors (Lipinski definition) is 1. The molecule has 92 valence electrons. The summed E-state index contributed by atoms with van der Waals surface area (Å²) in [6, 6.07) is 1.53. The Bertz CT molecular complexity index is 508. The largest absolute Gasteiger partial charge is 0.469 e. The number of aromatic nitrogens is 2. The van der Waals surface area contributed by atoms with Gasteiger partial charge in [-0.15, -0.1) is 0 Å². The molecule has 0 fully saturated rings. The van der Waals surface area contributed by atoms with Gasteiger partial charge in [0, 0.05) is 0 Å². The Kier molecular flexibility index (Phi) is 2.79. The lowest BCUT2D eigenvalue weighted by atomic mass is 9.87. The van der Waals surface area contributed by atoms with Gasteiger partial charge >= 0.3 is 0 Å². The zero-order chi connectivity index (χ0) is 12.6. The molecule has 0 spiro atoms. The summed E-state index contributed by atoms with van der Waals surface area (Å²) in [6.45, 7) is 7.95. The van der Waals surface area contributed by atoms with Crippen molar-refractivity contribution in [1.82, 2.24) is 10.1 Å². The predicted octanol–water partition coefficient (Wildman–Crippen LogP) is 2.68. The van der Waals surface area contributed by atoms with Crippen LogP contribution in [0.15, 0.2) is 21.3 Å². The van der Waals surface area contributed by atoms with Gasteiger partial charge in [-0.3, -0.25) is 0 Å². The van der Waals surface area contributed by atoms with E-state index in [-0.39, 0.29) is 11.5 Å². The normalized spacial score (nSPS) is 13.9. The molecule has 2 aromatic heterocycles. The predicted molar refractivity (Wildman–Crippen MR) is 63.1 cm³/mol. The number of furan rings is 1. The maximum atomic E-state index is 6.06. The van der Waals surface area contributed by atoms with E-state index in [9.17, 15) is 0 Å². The van der Waals surface area contributed by atoms with Gasteiger partial charge < -0.3 is 14.7 Å². The van der Waals surface area contributed by atoms with Crippen molar-refractivity contribution in [3.63, 3.8) is 0 Å². The Balaban J connectivity index is 2.31. The molecule has 2 aromatic rings. The molecule has 2 N–H and O–H groups in total. The van der Waals surface area contributed by atoms with Crippen molar-refractivity contribution in [3.8, 4) is 11.4 Å². The first kappa shape index (κ1) is 11.9. The molecule has 0 radical (unpaired) electrons. The molecule has 0 aromatic carbocycles. The summed E-state index contributed by atoms with van der Waals surface area (Å²) < 4.78 is 10.4. The maximum Gasteiger partial charge on any atom is 0.244 e. The molecule has 0 amide bonds. The van der Waals surface area contributed by atoms with Gasteiger partial charge in [0.15, 0.2) is 0 Å². The number of aryl methyl sites for hydroxylation is 1. The van der Waals surface area contributed by atoms with Crippen LogP contribution in [-0.2, 0) is 0 Å². The number of nitrogens with two attached hydrogens (primary N) is 1. The minimum Gasteiger partial charge on any atom is -0.469 e. The Labute approximate surface area is 100.0 Å². The molecule has 2 heterocycles. The van der Waals surface area contributed by atoms with Crippen LogP contribution in [0.1, 0.15) is 38.5 Å². The quantitative estimate of drug-likeness (QED) is 0.865. The minimum atomic E-state index is -0.282. The van der Waals surface area contributed by atoms with Crippen LogP contribution in [0, 0.1) is 12.3 Å². The third-order valence-electron chi connectivity index (χ3n) is 2.74. The summed E-state index contributed by atoms with van der Waals surface area (Å²) in [5.74, 6) is 1.74. The van der Waals surface area contributed by atoms with E-state index >= 15 is 0 Å². The van der Waals surface area contributed by atoms with Crippen LogP contribution in [-0.4, -0.2) is 10.1 Å². The molecule has 0 saturated heterocycles. The molecule has 2 rings (SSSR count). The van der Waals surface area contributed by atoms with E-state index in [2.05, 4.69) is 10.1 Å². The fourth-order valence-corrected chi connectivity index (χ4v) is 1.46. The van der Waals surface area contributed by atoms with Crippen molar-refractivity contribution in [2.24, 2.45) is 11.1 Å². The first-order chi connectivity index (χ1) is 7.89. The third-order valence-corrected chi connectivity index (χ3v) is 2.74. The Morgan fingerprint density at radius 1 is 1.35 bits per heavy atom. The van der Waals surface area contributed by atoms with Gasteiger partial charge in [0.25, 0.3) is 0 Å². The van der Waals surface area contributed by atoms with Crippen molar-refractivity contribution in [2.75, 3.05) is 0 Å². The monoisotopic (exact) mass is 235 g/mol. The summed E-state index contributed by atoms with van der Waals surface area (Å²) >= 11 is 0. The van der Waals surface area contributed by atoms with Crippen LogP contribution in [0.2, 0.25) is 0 Å². The molecule has 0 aliphatic heterocycles. The molecule has 5 nitrogen and oxygen atoms in total. The van der Waals surface area contributed by atoms with Gasteiger partial charge in [-0.2, -0.15) is 4.98 Å². The summed E-state index contributed by atoms with van der Waals surface area (Å²) in [6.07, 6.45) is 1.60. The van der Waals surface area contributed by atoms with Gasteiger partial charge in [-0.25, -0.2) is 0 Å². The molecule has 0 bridgehead atoms. The number of nitrogens with zero attached hydrogens (tertiary/aromatic N) is 2. The van der Waals surface area contributed by atoms with E-state index in [1.165, 1.54) is 0 Å². The highest BCUT2D eigenvalue weighted by Crippen LogP contribution is 2.31. The molecule has 0 aliphatic carbocycles. The molecule has 0 saturated carbocycles. The minimum absolute atomic E-state index is 0.116. The Hall–Kier alpha value is -1.62. The van der Waals surface area contributed by atoms with Gasteiger partial charge in [-0.05, 0) is 18.4 Å². The maximum absolute atomic E-state index is 6.06. The van der Waals surface area contributed by atoms with E-state index in [0.717, 1.165) is 11.3 Å². The zero-order valence-corrected chi connectivity index (χ0v) is 10.5. The van der Waals surface area contributed by atoms with E-state index in [0.29, 0.717) is 11.7 Å². The first-order valence-electron chi connectivity index (χ1n) is 5.53. The molecule has 17 heavy (non-hydrogen) atoms. The standard InChI is InChI=1S/C12H17N3O2/c1-7-8(5-6-16-7)10-14-11(17-15-10)9(13)12(2,3)4/h5-6,9H,13H2,1-4H3/t9-/m1/s1. The van der Waals surface area contributed by atoms with Crippen LogP contribution in [0.25, 0.3) is 11.4 Å². The molecule has 0 unspecified atom stereocenters. The Morgan fingerprint density at radius 2 is 2.06 bits per heavy atom. The van der Waals surface area contributed by atoms with E-state index in [1.807, 2.05) is 33.8 Å². The second-order valence-corrected chi connectivity index (χ2v) is 5.19. The van der Waals surface area contributed by atoms with Crippen molar-refractivity contribution >= 4 is 0 Å². The van der Waals surface area contributed by atoms with Gasteiger partial charge in [0.05, 0.1) is 17.9 Å². The highest BCUT2D eigenvalue weighted by molar-refractivity contribution is 5.56. The summed E-state index contributed by atoms with van der Waals surface area (Å²) in [4.78, 5) is 4.32. The van der Waals surface area contributed by atoms with Crippen molar-refractivity contribution in [3.05, 3.63) is 24.0 Å². The topological polar surface area (TPSA) is 78.1 Å². The second kappa shape index (κ2) is 4.00. The van der Waals surface area contributed by atoms with Crippen LogP contribution in [0.5, 0.6) is 0 Å². The first-order valence-corrected chi connectivity index (χ1v) is 5.53. The molecule has 0 aliphatic rings. The fourth-order valence-electron chi connectivity index (χ4n) is 1.46.